The highest BCUT2D eigenvalue weighted by atomic mass is 16.6. The van der Waals surface area contributed by atoms with Gasteiger partial charge in [-0.3, -0.25) is 0 Å². The molecule has 2 atom stereocenters. The highest BCUT2D eigenvalue weighted by Crippen LogP contribution is 2.06. The van der Waals surface area contributed by atoms with Crippen molar-refractivity contribution in [2.24, 2.45) is 0 Å². The van der Waals surface area contributed by atoms with Gasteiger partial charge in [0.2, 0.25) is 0 Å². The molecular weight excluding hydrogens is 220 g/mol. The molecule has 0 rings (SSSR count). The van der Waals surface area contributed by atoms with Crippen LogP contribution in [0.3, 0.4) is 0 Å². The molecule has 2 N–H and O–H groups in total. The van der Waals surface area contributed by atoms with Crippen molar-refractivity contribution in [2.45, 2.75) is 52.4 Å². The molecule has 2 unspecified atom stereocenters. The summed E-state index contributed by atoms with van der Waals surface area (Å²) in [5.74, 6) is 0. The number of amides is 1. The fourth-order valence-electron chi connectivity index (χ4n) is 1.07. The number of rotatable bonds is 6. The van der Waals surface area contributed by atoms with Gasteiger partial charge in [-0.15, -0.1) is 0 Å². The first-order valence-electron chi connectivity index (χ1n) is 5.97. The van der Waals surface area contributed by atoms with Crippen molar-refractivity contribution in [3.05, 3.63) is 0 Å². The zero-order valence-electron chi connectivity index (χ0n) is 11.8. The van der Waals surface area contributed by atoms with Crippen molar-refractivity contribution < 1.29 is 14.3 Å². The summed E-state index contributed by atoms with van der Waals surface area (Å²) in [5, 5.41) is 5.97. The molecule has 0 aliphatic rings. The molecule has 0 aromatic heterocycles. The molecule has 0 heterocycles. The van der Waals surface area contributed by atoms with Crippen LogP contribution in [-0.4, -0.2) is 44.0 Å². The Kier molecular flexibility index (Phi) is 7.15. The van der Waals surface area contributed by atoms with Gasteiger partial charge >= 0.3 is 6.09 Å². The molecule has 1 amide bonds. The van der Waals surface area contributed by atoms with Crippen molar-refractivity contribution in [3.63, 3.8) is 0 Å². The Balaban J connectivity index is 3.69. The lowest BCUT2D eigenvalue weighted by Crippen LogP contribution is -2.43. The molecule has 5 heteroatoms. The zero-order chi connectivity index (χ0) is 13.5. The largest absolute Gasteiger partial charge is 0.444 e. The lowest BCUT2D eigenvalue weighted by atomic mass is 10.2. The third-order valence-corrected chi connectivity index (χ3v) is 2.11. The Morgan fingerprint density at radius 1 is 1.24 bits per heavy atom. The van der Waals surface area contributed by atoms with Gasteiger partial charge in [0.15, 0.2) is 0 Å². The number of hydrogen-bond acceptors (Lipinski definition) is 4. The van der Waals surface area contributed by atoms with E-state index in [-0.39, 0.29) is 18.2 Å². The van der Waals surface area contributed by atoms with Gasteiger partial charge in [-0.2, -0.15) is 0 Å². The van der Waals surface area contributed by atoms with Gasteiger partial charge in [0.25, 0.3) is 0 Å². The van der Waals surface area contributed by atoms with Crippen molar-refractivity contribution in [1.29, 1.82) is 0 Å². The summed E-state index contributed by atoms with van der Waals surface area (Å²) in [6.07, 6.45) is -0.218. The minimum absolute atomic E-state index is 0.166. The third kappa shape index (κ3) is 10.1. The highest BCUT2D eigenvalue weighted by molar-refractivity contribution is 5.67. The zero-order valence-corrected chi connectivity index (χ0v) is 11.8. The van der Waals surface area contributed by atoms with Crippen molar-refractivity contribution in [1.82, 2.24) is 10.6 Å². The van der Waals surface area contributed by atoms with E-state index in [2.05, 4.69) is 10.6 Å². The number of nitrogens with one attached hydrogen (secondary N) is 2. The van der Waals surface area contributed by atoms with Crippen LogP contribution in [0.1, 0.15) is 34.6 Å². The molecule has 0 aliphatic carbocycles. The maximum atomic E-state index is 11.4. The Hall–Kier alpha value is -0.810. The number of methoxy groups -OCH3 is 1. The highest BCUT2D eigenvalue weighted by Gasteiger charge is 2.16. The van der Waals surface area contributed by atoms with Gasteiger partial charge in [0.1, 0.15) is 5.60 Å². The van der Waals surface area contributed by atoms with Gasteiger partial charge in [-0.05, 0) is 34.6 Å². The molecule has 0 saturated heterocycles. The van der Waals surface area contributed by atoms with Gasteiger partial charge in [0.05, 0.1) is 6.10 Å². The Morgan fingerprint density at radius 2 is 1.82 bits per heavy atom. The predicted molar refractivity (Wildman–Crippen MR) is 68.2 cm³/mol. The van der Waals surface area contributed by atoms with Gasteiger partial charge < -0.3 is 20.1 Å². The quantitative estimate of drug-likeness (QED) is 0.746. The lowest BCUT2D eigenvalue weighted by molar-refractivity contribution is 0.0522. The smallest absolute Gasteiger partial charge is 0.407 e. The topological polar surface area (TPSA) is 59.6 Å². The Morgan fingerprint density at radius 3 is 2.29 bits per heavy atom. The molecule has 17 heavy (non-hydrogen) atoms. The predicted octanol–water partition coefficient (Wildman–Crippen LogP) is 1.52. The summed E-state index contributed by atoms with van der Waals surface area (Å²) in [5.41, 5.74) is -0.453. The summed E-state index contributed by atoms with van der Waals surface area (Å²) in [7, 11) is 1.68. The number of hydrogen-bond donors (Lipinski definition) is 2. The van der Waals surface area contributed by atoms with Gasteiger partial charge in [-0.1, -0.05) is 0 Å². The summed E-state index contributed by atoms with van der Waals surface area (Å²) in [6.45, 7) is 10.8. The van der Waals surface area contributed by atoms with E-state index >= 15 is 0 Å². The second-order valence-corrected chi connectivity index (χ2v) is 5.24. The maximum Gasteiger partial charge on any atom is 0.407 e. The van der Waals surface area contributed by atoms with E-state index in [1.807, 2.05) is 34.6 Å². The van der Waals surface area contributed by atoms with Crippen LogP contribution in [0.5, 0.6) is 0 Å². The van der Waals surface area contributed by atoms with Crippen molar-refractivity contribution in [2.75, 3.05) is 20.2 Å². The van der Waals surface area contributed by atoms with Gasteiger partial charge in [-0.25, -0.2) is 4.79 Å². The minimum Gasteiger partial charge on any atom is -0.444 e. The number of alkyl carbamates (subject to hydrolysis) is 1. The number of ether oxygens (including phenoxy) is 2. The molecule has 0 spiro atoms. The van der Waals surface area contributed by atoms with Crippen LogP contribution in [0.15, 0.2) is 0 Å². The van der Waals surface area contributed by atoms with E-state index in [4.69, 9.17) is 9.47 Å². The fourth-order valence-corrected chi connectivity index (χ4v) is 1.07. The van der Waals surface area contributed by atoms with Crippen LogP contribution in [0.25, 0.3) is 0 Å². The fraction of sp³-hybridized carbons (Fsp3) is 0.917. The summed E-state index contributed by atoms with van der Waals surface area (Å²) < 4.78 is 10.2. The molecule has 0 bridgehead atoms. The number of carbonyl (C=O) groups is 1. The normalized spacial score (nSPS) is 15.2. The maximum absolute atomic E-state index is 11.4. The summed E-state index contributed by atoms with van der Waals surface area (Å²) >= 11 is 0. The van der Waals surface area contributed by atoms with E-state index in [1.165, 1.54) is 0 Å². The van der Waals surface area contributed by atoms with Crippen LogP contribution >= 0.6 is 0 Å². The van der Waals surface area contributed by atoms with E-state index in [0.29, 0.717) is 6.54 Å². The summed E-state index contributed by atoms with van der Waals surface area (Å²) in [4.78, 5) is 11.4. The standard InChI is InChI=1S/C12H26N2O3/c1-9(13-8-10(2)16-6)7-14-11(15)17-12(3,4)5/h9-10,13H,7-8H2,1-6H3,(H,14,15). The molecular formula is C12H26N2O3. The van der Waals surface area contributed by atoms with Gasteiger partial charge in [0, 0.05) is 26.2 Å². The average molecular weight is 246 g/mol. The SMILES string of the molecule is COC(C)CNC(C)CNC(=O)OC(C)(C)C. The minimum atomic E-state index is -0.453. The van der Waals surface area contributed by atoms with Crippen LogP contribution < -0.4 is 10.6 Å². The van der Waals surface area contributed by atoms with E-state index in [9.17, 15) is 4.79 Å². The van der Waals surface area contributed by atoms with E-state index in [0.717, 1.165) is 6.54 Å². The molecule has 0 aliphatic heterocycles. The first kappa shape index (κ1) is 16.2. The van der Waals surface area contributed by atoms with E-state index < -0.39 is 5.60 Å². The third-order valence-electron chi connectivity index (χ3n) is 2.11. The Labute approximate surface area is 104 Å². The van der Waals surface area contributed by atoms with Crippen molar-refractivity contribution in [3.8, 4) is 0 Å². The molecule has 0 fully saturated rings. The molecule has 0 radical (unpaired) electrons. The van der Waals surface area contributed by atoms with Crippen LogP contribution in [0.4, 0.5) is 4.79 Å². The average Bonchev–Trinajstić information content (AvgIpc) is 2.20. The lowest BCUT2D eigenvalue weighted by Gasteiger charge is -2.21. The molecule has 0 saturated carbocycles. The molecule has 0 aromatic carbocycles. The van der Waals surface area contributed by atoms with Crippen LogP contribution in [0, 0.1) is 0 Å². The molecule has 0 aromatic rings. The number of carbonyl (C=O) groups excluding carboxylic acids is 1. The second-order valence-electron chi connectivity index (χ2n) is 5.24. The van der Waals surface area contributed by atoms with Crippen LogP contribution in [-0.2, 0) is 9.47 Å². The second kappa shape index (κ2) is 7.50. The monoisotopic (exact) mass is 246 g/mol. The van der Waals surface area contributed by atoms with Crippen molar-refractivity contribution >= 4 is 6.09 Å². The first-order chi connectivity index (χ1) is 7.74. The van der Waals surface area contributed by atoms with E-state index in [1.54, 1.807) is 7.11 Å². The molecule has 5 nitrogen and oxygen atoms in total. The molecule has 102 valence electrons. The first-order valence-corrected chi connectivity index (χ1v) is 5.97. The van der Waals surface area contributed by atoms with Crippen LogP contribution in [0.2, 0.25) is 0 Å². The summed E-state index contributed by atoms with van der Waals surface area (Å²) in [6, 6.07) is 0.181. The Bertz CT molecular complexity index is 226.